The minimum atomic E-state index is -0.117. The van der Waals surface area contributed by atoms with E-state index in [2.05, 4.69) is 70.0 Å². The minimum absolute atomic E-state index is 0.117. The molecule has 0 aromatic heterocycles. The van der Waals surface area contributed by atoms with Gasteiger partial charge in [0.1, 0.15) is 12.4 Å². The summed E-state index contributed by atoms with van der Waals surface area (Å²) in [5.74, 6) is 2.01. The summed E-state index contributed by atoms with van der Waals surface area (Å²) in [5, 5.41) is 0.617. The standard InChI is InChI=1S/C34H28Br2N2O4S/c1-3-21-5-10-25(11-6-21)37-34-38(26-12-7-22(4-2)8-13-26)33(39)31(43-34)18-24-15-27(35)32(28(36)16-24)40-19-23-9-14-29-30(17-23)42-20-41-29/h5-18H,3-4,19-20H2,1-2H3/b31-18-,37-34?. The number of aliphatic imine (C=N–C) groups is 1. The van der Waals surface area contributed by atoms with Crippen LogP contribution in [0.5, 0.6) is 17.2 Å². The summed E-state index contributed by atoms with van der Waals surface area (Å²) in [6.07, 6.45) is 3.78. The van der Waals surface area contributed by atoms with Crippen LogP contribution in [0.2, 0.25) is 0 Å². The summed E-state index contributed by atoms with van der Waals surface area (Å²) in [6, 6.07) is 25.9. The van der Waals surface area contributed by atoms with E-state index >= 15 is 0 Å². The van der Waals surface area contributed by atoms with Crippen molar-refractivity contribution in [3.05, 3.63) is 115 Å². The summed E-state index contributed by atoms with van der Waals surface area (Å²) in [4.78, 5) is 21.0. The maximum Gasteiger partial charge on any atom is 0.271 e. The second-order valence-corrected chi connectivity index (χ2v) is 12.7. The number of nitrogens with zero attached hydrogens (tertiary/aromatic N) is 2. The number of halogens is 2. The Labute approximate surface area is 272 Å². The van der Waals surface area contributed by atoms with Gasteiger partial charge in [0.15, 0.2) is 16.7 Å². The molecule has 0 aliphatic carbocycles. The Morgan fingerprint density at radius 1 is 0.860 bits per heavy atom. The van der Waals surface area contributed by atoms with Crippen LogP contribution in [0.3, 0.4) is 0 Å². The van der Waals surface area contributed by atoms with Crippen LogP contribution in [-0.4, -0.2) is 17.9 Å². The van der Waals surface area contributed by atoms with Gasteiger partial charge in [0.25, 0.3) is 5.91 Å². The van der Waals surface area contributed by atoms with Gasteiger partial charge in [0.05, 0.1) is 25.2 Å². The Bertz CT molecular complexity index is 1710. The number of thioether (sulfide) groups is 1. The normalized spacial score (nSPS) is 16.0. The lowest BCUT2D eigenvalue weighted by Crippen LogP contribution is -2.28. The minimum Gasteiger partial charge on any atom is -0.487 e. The fraction of sp³-hybridized carbons (Fsp3) is 0.176. The molecule has 2 aliphatic rings. The van der Waals surface area contributed by atoms with E-state index in [1.165, 1.54) is 22.9 Å². The summed E-state index contributed by atoms with van der Waals surface area (Å²) < 4.78 is 18.5. The first kappa shape index (κ1) is 29.5. The number of ether oxygens (including phenoxy) is 3. The second-order valence-electron chi connectivity index (χ2n) is 9.98. The molecule has 43 heavy (non-hydrogen) atoms. The lowest BCUT2D eigenvalue weighted by atomic mass is 10.1. The fourth-order valence-corrected chi connectivity index (χ4v) is 7.16. The Morgan fingerprint density at radius 2 is 1.49 bits per heavy atom. The molecule has 0 atom stereocenters. The highest BCUT2D eigenvalue weighted by Crippen LogP contribution is 2.40. The van der Waals surface area contributed by atoms with Crippen LogP contribution < -0.4 is 19.1 Å². The molecule has 2 aliphatic heterocycles. The number of amides is 1. The highest BCUT2D eigenvalue weighted by Gasteiger charge is 2.35. The highest BCUT2D eigenvalue weighted by molar-refractivity contribution is 9.11. The topological polar surface area (TPSA) is 60.4 Å². The Kier molecular flexibility index (Phi) is 8.93. The van der Waals surface area contributed by atoms with E-state index < -0.39 is 0 Å². The highest BCUT2D eigenvalue weighted by atomic mass is 79.9. The average Bonchev–Trinajstić information content (AvgIpc) is 3.60. The number of rotatable bonds is 8. The third-order valence-electron chi connectivity index (χ3n) is 7.12. The van der Waals surface area contributed by atoms with Gasteiger partial charge in [-0.3, -0.25) is 9.69 Å². The molecule has 1 fully saturated rings. The van der Waals surface area contributed by atoms with Gasteiger partial charge in [0, 0.05) is 0 Å². The molecule has 1 saturated heterocycles. The van der Waals surface area contributed by atoms with Crippen molar-refractivity contribution in [2.24, 2.45) is 4.99 Å². The van der Waals surface area contributed by atoms with Crippen LogP contribution in [0.15, 0.2) is 97.7 Å². The SMILES string of the molecule is CCc1ccc(N=C2S/C(=C\c3cc(Br)c(OCc4ccc5c(c4)OCO5)c(Br)c3)C(=O)N2c2ccc(CC)cc2)cc1. The molecule has 0 saturated carbocycles. The smallest absolute Gasteiger partial charge is 0.271 e. The monoisotopic (exact) mass is 718 g/mol. The van der Waals surface area contributed by atoms with Crippen LogP contribution in [0, 0.1) is 0 Å². The van der Waals surface area contributed by atoms with Gasteiger partial charge in [-0.2, -0.15) is 0 Å². The molecule has 218 valence electrons. The molecule has 6 rings (SSSR count). The van der Waals surface area contributed by atoms with Gasteiger partial charge in [0.2, 0.25) is 6.79 Å². The molecule has 0 bridgehead atoms. The van der Waals surface area contributed by atoms with Crippen molar-refractivity contribution in [2.45, 2.75) is 33.3 Å². The van der Waals surface area contributed by atoms with Crippen LogP contribution >= 0.6 is 43.6 Å². The average molecular weight is 720 g/mol. The maximum atomic E-state index is 13.8. The van der Waals surface area contributed by atoms with E-state index in [9.17, 15) is 4.79 Å². The first-order valence-electron chi connectivity index (χ1n) is 13.9. The van der Waals surface area contributed by atoms with E-state index in [0.717, 1.165) is 55.8 Å². The lowest BCUT2D eigenvalue weighted by molar-refractivity contribution is -0.113. The number of hydrogen-bond acceptors (Lipinski definition) is 6. The van der Waals surface area contributed by atoms with Gasteiger partial charge >= 0.3 is 0 Å². The molecular formula is C34H28Br2N2O4S. The van der Waals surface area contributed by atoms with E-state index in [1.807, 2.05) is 60.7 Å². The van der Waals surface area contributed by atoms with E-state index in [4.69, 9.17) is 19.2 Å². The third-order valence-corrected chi connectivity index (χ3v) is 9.26. The van der Waals surface area contributed by atoms with Crippen LogP contribution in [0.1, 0.15) is 36.1 Å². The molecule has 2 heterocycles. The van der Waals surface area contributed by atoms with Gasteiger partial charge in [-0.05, 0) is 133 Å². The van der Waals surface area contributed by atoms with Gasteiger partial charge in [-0.15, -0.1) is 0 Å². The number of benzene rings is 4. The molecule has 0 N–H and O–H groups in total. The summed E-state index contributed by atoms with van der Waals surface area (Å²) >= 11 is 8.69. The summed E-state index contributed by atoms with van der Waals surface area (Å²) in [5.41, 5.74) is 5.86. The van der Waals surface area contributed by atoms with Crippen molar-refractivity contribution in [2.75, 3.05) is 11.7 Å². The van der Waals surface area contributed by atoms with Crippen molar-refractivity contribution in [3.8, 4) is 17.2 Å². The molecule has 4 aromatic carbocycles. The molecule has 1 amide bonds. The quantitative estimate of drug-likeness (QED) is 0.170. The Morgan fingerprint density at radius 3 is 2.16 bits per heavy atom. The first-order chi connectivity index (χ1) is 20.9. The molecule has 0 unspecified atom stereocenters. The van der Waals surface area contributed by atoms with Crippen molar-refractivity contribution in [3.63, 3.8) is 0 Å². The third kappa shape index (κ3) is 6.54. The molecule has 0 spiro atoms. The zero-order valence-corrected chi connectivity index (χ0v) is 27.6. The van der Waals surface area contributed by atoms with Gasteiger partial charge in [-0.25, -0.2) is 4.99 Å². The number of carbonyl (C=O) groups is 1. The maximum absolute atomic E-state index is 13.8. The fourth-order valence-electron chi connectivity index (χ4n) is 4.71. The van der Waals surface area contributed by atoms with Gasteiger partial charge < -0.3 is 14.2 Å². The molecule has 9 heteroatoms. The predicted octanol–water partition coefficient (Wildman–Crippen LogP) is 9.45. The molecule has 4 aromatic rings. The molecule has 0 radical (unpaired) electrons. The predicted molar refractivity (Wildman–Crippen MR) is 181 cm³/mol. The Hall–Kier alpha value is -3.53. The van der Waals surface area contributed by atoms with Gasteiger partial charge in [-0.1, -0.05) is 44.2 Å². The van der Waals surface area contributed by atoms with E-state index in [-0.39, 0.29) is 12.7 Å². The summed E-state index contributed by atoms with van der Waals surface area (Å²) in [6.45, 7) is 4.83. The van der Waals surface area contributed by atoms with Crippen molar-refractivity contribution < 1.29 is 19.0 Å². The van der Waals surface area contributed by atoms with Crippen LogP contribution in [0.25, 0.3) is 6.08 Å². The van der Waals surface area contributed by atoms with Crippen molar-refractivity contribution >= 4 is 72.1 Å². The number of carbonyl (C=O) groups excluding carboxylic acids is 1. The number of amidine groups is 1. The van der Waals surface area contributed by atoms with Crippen LogP contribution in [-0.2, 0) is 24.2 Å². The zero-order valence-electron chi connectivity index (χ0n) is 23.6. The Balaban J connectivity index is 1.27. The van der Waals surface area contributed by atoms with E-state index in [0.29, 0.717) is 22.4 Å². The number of fused-ring (bicyclic) bond motifs is 1. The van der Waals surface area contributed by atoms with Crippen molar-refractivity contribution in [1.29, 1.82) is 0 Å². The number of hydrogen-bond donors (Lipinski definition) is 0. The van der Waals surface area contributed by atoms with Crippen LogP contribution in [0.4, 0.5) is 11.4 Å². The largest absolute Gasteiger partial charge is 0.487 e. The van der Waals surface area contributed by atoms with E-state index in [1.54, 1.807) is 4.90 Å². The number of anilines is 1. The number of aryl methyl sites for hydroxylation is 2. The lowest BCUT2D eigenvalue weighted by Gasteiger charge is -2.16. The molecular weight excluding hydrogens is 692 g/mol. The zero-order chi connectivity index (χ0) is 29.9. The first-order valence-corrected chi connectivity index (χ1v) is 16.3. The summed E-state index contributed by atoms with van der Waals surface area (Å²) in [7, 11) is 0. The second kappa shape index (κ2) is 13.0. The molecule has 6 nitrogen and oxygen atoms in total. The van der Waals surface area contributed by atoms with Crippen molar-refractivity contribution in [1.82, 2.24) is 0 Å².